The van der Waals surface area contributed by atoms with Gasteiger partial charge in [-0.15, -0.1) is 6.42 Å². The fourth-order valence-electron chi connectivity index (χ4n) is 4.62. The molecule has 0 bridgehead atoms. The number of aromatic nitrogens is 1. The van der Waals surface area contributed by atoms with E-state index in [1.54, 1.807) is 29.7 Å². The average Bonchev–Trinajstić information content (AvgIpc) is 3.26. The van der Waals surface area contributed by atoms with Crippen molar-refractivity contribution < 1.29 is 14.3 Å². The summed E-state index contributed by atoms with van der Waals surface area (Å²) in [6.45, 7) is 4.06. The molecule has 3 aromatic carbocycles. The van der Waals surface area contributed by atoms with E-state index in [9.17, 15) is 9.59 Å². The quantitative estimate of drug-likeness (QED) is 0.298. The molecule has 4 aromatic rings. The topological polar surface area (TPSA) is 81.9 Å². The van der Waals surface area contributed by atoms with Crippen LogP contribution in [0.1, 0.15) is 31.0 Å². The maximum atomic E-state index is 14.0. The Labute approximate surface area is 246 Å². The molecule has 0 spiro atoms. The van der Waals surface area contributed by atoms with E-state index in [-0.39, 0.29) is 18.1 Å². The van der Waals surface area contributed by atoms with Gasteiger partial charge >= 0.3 is 0 Å². The molecule has 2 heterocycles. The van der Waals surface area contributed by atoms with E-state index >= 15 is 0 Å². The van der Waals surface area contributed by atoms with Crippen molar-refractivity contribution in [1.82, 2.24) is 4.57 Å². The van der Waals surface area contributed by atoms with E-state index in [0.717, 1.165) is 5.56 Å². The van der Waals surface area contributed by atoms with Crippen LogP contribution in [-0.2, 0) is 4.79 Å². The van der Waals surface area contributed by atoms with Gasteiger partial charge in [-0.1, -0.05) is 77.4 Å². The number of benzene rings is 3. The number of rotatable bonds is 8. The van der Waals surface area contributed by atoms with Gasteiger partial charge in [0.25, 0.3) is 11.5 Å². The van der Waals surface area contributed by atoms with Crippen LogP contribution in [0.25, 0.3) is 6.08 Å². The van der Waals surface area contributed by atoms with Gasteiger partial charge in [0, 0.05) is 5.69 Å². The molecule has 9 heteroatoms. The second-order valence-electron chi connectivity index (χ2n) is 9.07. The van der Waals surface area contributed by atoms with Gasteiger partial charge in [0.05, 0.1) is 33.5 Å². The summed E-state index contributed by atoms with van der Waals surface area (Å²) in [6, 6.07) is 21.4. The summed E-state index contributed by atoms with van der Waals surface area (Å²) in [5.74, 6) is 2.87. The molecule has 1 aliphatic heterocycles. The number of para-hydroxylation sites is 1. The van der Waals surface area contributed by atoms with E-state index in [1.807, 2.05) is 67.6 Å². The molecule has 0 radical (unpaired) electrons. The molecule has 1 atom stereocenters. The molecule has 1 aliphatic rings. The zero-order valence-electron chi connectivity index (χ0n) is 22.4. The molecule has 1 aromatic heterocycles. The molecule has 41 heavy (non-hydrogen) atoms. The molecule has 1 N–H and O–H groups in total. The lowest BCUT2D eigenvalue weighted by molar-refractivity contribution is -0.113. The van der Waals surface area contributed by atoms with Crippen LogP contribution < -0.4 is 29.7 Å². The summed E-state index contributed by atoms with van der Waals surface area (Å²) in [4.78, 5) is 32.8. The average molecular weight is 584 g/mol. The van der Waals surface area contributed by atoms with E-state index in [1.165, 1.54) is 11.3 Å². The van der Waals surface area contributed by atoms with E-state index in [2.05, 4.69) is 11.2 Å². The maximum Gasteiger partial charge on any atom is 0.271 e. The molecular formula is C32H26ClN3O4S. The molecule has 1 amide bonds. The highest BCUT2D eigenvalue weighted by molar-refractivity contribution is 7.07. The van der Waals surface area contributed by atoms with Crippen molar-refractivity contribution in [2.75, 3.05) is 18.5 Å². The van der Waals surface area contributed by atoms with Crippen molar-refractivity contribution in [1.29, 1.82) is 0 Å². The van der Waals surface area contributed by atoms with Crippen molar-refractivity contribution in [2.24, 2.45) is 4.99 Å². The first-order chi connectivity index (χ1) is 19.9. The second kappa shape index (κ2) is 12.3. The normalized spacial score (nSPS) is 14.6. The Morgan fingerprint density at radius 3 is 2.54 bits per heavy atom. The van der Waals surface area contributed by atoms with Gasteiger partial charge in [-0.25, -0.2) is 4.99 Å². The number of hydrogen-bond donors (Lipinski definition) is 1. The van der Waals surface area contributed by atoms with Gasteiger partial charge in [-0.05, 0) is 55.3 Å². The first-order valence-corrected chi connectivity index (χ1v) is 14.1. The summed E-state index contributed by atoms with van der Waals surface area (Å²) in [6.07, 6.45) is 7.07. The molecule has 0 unspecified atom stereocenters. The Bertz CT molecular complexity index is 1860. The molecular weight excluding hydrogens is 558 g/mol. The molecule has 0 saturated carbocycles. The second-order valence-corrected chi connectivity index (χ2v) is 10.5. The number of halogens is 1. The van der Waals surface area contributed by atoms with E-state index in [0.29, 0.717) is 55.0 Å². The number of hydrogen-bond acceptors (Lipinski definition) is 6. The number of nitrogens with one attached hydrogen (secondary N) is 1. The number of terminal acetylenes is 1. The van der Waals surface area contributed by atoms with Crippen LogP contribution in [0.15, 0.2) is 93.9 Å². The number of allylic oxidation sites excluding steroid dienone is 1. The van der Waals surface area contributed by atoms with Crippen LogP contribution in [0.5, 0.6) is 11.5 Å². The lowest BCUT2D eigenvalue weighted by Crippen LogP contribution is -2.40. The Kier molecular flexibility index (Phi) is 8.39. The van der Waals surface area contributed by atoms with Crippen LogP contribution >= 0.6 is 22.9 Å². The molecule has 0 saturated heterocycles. The number of amides is 1. The monoisotopic (exact) mass is 583 g/mol. The molecule has 0 fully saturated rings. The highest BCUT2D eigenvalue weighted by atomic mass is 35.5. The third kappa shape index (κ3) is 5.82. The fraction of sp³-hybridized carbons (Fsp3) is 0.156. The van der Waals surface area contributed by atoms with Crippen molar-refractivity contribution >= 4 is 40.6 Å². The largest absolute Gasteiger partial charge is 0.490 e. The van der Waals surface area contributed by atoms with Gasteiger partial charge in [0.2, 0.25) is 0 Å². The van der Waals surface area contributed by atoms with Crippen LogP contribution in [0.2, 0.25) is 5.02 Å². The first kappa shape index (κ1) is 28.0. The predicted octanol–water partition coefficient (Wildman–Crippen LogP) is 4.94. The van der Waals surface area contributed by atoms with Gasteiger partial charge in [-0.3, -0.25) is 14.2 Å². The van der Waals surface area contributed by atoms with Crippen molar-refractivity contribution in [3.63, 3.8) is 0 Å². The SMILES string of the molecule is C#CCOc1c(Cl)cc(/C=c2\sc3n(c2=O)[C@@H](c2ccccc2)C(C(=O)Nc2ccccc2)=C(C)N=3)cc1OCC. The van der Waals surface area contributed by atoms with Crippen molar-refractivity contribution in [3.05, 3.63) is 120 Å². The number of nitrogens with zero attached hydrogens (tertiary/aromatic N) is 2. The van der Waals surface area contributed by atoms with Crippen molar-refractivity contribution in [3.8, 4) is 23.8 Å². The number of thiazole rings is 1. The Morgan fingerprint density at radius 2 is 1.85 bits per heavy atom. The van der Waals surface area contributed by atoms with E-state index < -0.39 is 6.04 Å². The Balaban J connectivity index is 1.63. The van der Waals surface area contributed by atoms with Crippen LogP contribution in [0, 0.1) is 12.3 Å². The van der Waals surface area contributed by atoms with Crippen LogP contribution in [-0.4, -0.2) is 23.7 Å². The number of carbonyl (C=O) groups is 1. The minimum Gasteiger partial charge on any atom is -0.490 e. The van der Waals surface area contributed by atoms with E-state index in [4.69, 9.17) is 32.5 Å². The number of fused-ring (bicyclic) bond motifs is 1. The molecule has 0 aliphatic carbocycles. The van der Waals surface area contributed by atoms with Crippen LogP contribution in [0.4, 0.5) is 5.69 Å². The highest BCUT2D eigenvalue weighted by Gasteiger charge is 2.32. The van der Waals surface area contributed by atoms with Gasteiger partial charge in [-0.2, -0.15) is 0 Å². The summed E-state index contributed by atoms with van der Waals surface area (Å²) >= 11 is 7.75. The Morgan fingerprint density at radius 1 is 1.15 bits per heavy atom. The highest BCUT2D eigenvalue weighted by Crippen LogP contribution is 2.37. The van der Waals surface area contributed by atoms with Crippen molar-refractivity contribution in [2.45, 2.75) is 19.9 Å². The van der Waals surface area contributed by atoms with Gasteiger partial charge < -0.3 is 14.8 Å². The zero-order valence-corrected chi connectivity index (χ0v) is 24.0. The third-order valence-electron chi connectivity index (χ3n) is 6.34. The number of anilines is 1. The standard InChI is InChI=1S/C32H26ClN3O4S/c1-4-16-40-29-24(33)17-21(18-25(29)39-5-2)19-26-31(38)36-28(22-12-8-6-9-13-22)27(20(3)34-32(36)41-26)30(37)35-23-14-10-7-11-15-23/h1,6-15,17-19,28H,5,16H2,2-3H3,(H,35,37)/b26-19-/t28-/m0/s1. The predicted molar refractivity (Wildman–Crippen MR) is 162 cm³/mol. The number of ether oxygens (including phenoxy) is 2. The molecule has 5 rings (SSSR count). The summed E-state index contributed by atoms with van der Waals surface area (Å²) in [5.41, 5.74) is 2.75. The van der Waals surface area contributed by atoms with Gasteiger partial charge in [0.1, 0.15) is 6.61 Å². The number of carbonyl (C=O) groups excluding carboxylic acids is 1. The minimum atomic E-state index is -0.666. The van der Waals surface area contributed by atoms with Gasteiger partial charge in [0.15, 0.2) is 16.3 Å². The zero-order chi connectivity index (χ0) is 28.9. The first-order valence-electron chi connectivity index (χ1n) is 12.9. The van der Waals surface area contributed by atoms with Crippen LogP contribution in [0.3, 0.4) is 0 Å². The summed E-state index contributed by atoms with van der Waals surface area (Å²) in [5, 5.41) is 3.26. The summed E-state index contributed by atoms with van der Waals surface area (Å²) < 4.78 is 13.3. The smallest absolute Gasteiger partial charge is 0.271 e. The lowest BCUT2D eigenvalue weighted by Gasteiger charge is -2.25. The lowest BCUT2D eigenvalue weighted by atomic mass is 9.95. The third-order valence-corrected chi connectivity index (χ3v) is 7.61. The minimum absolute atomic E-state index is 0.0385. The molecule has 206 valence electrons. The molecule has 7 nitrogen and oxygen atoms in total. The summed E-state index contributed by atoms with van der Waals surface area (Å²) in [7, 11) is 0. The maximum absolute atomic E-state index is 14.0. The fourth-order valence-corrected chi connectivity index (χ4v) is 5.94. The Hall–Kier alpha value is -4.58.